The fourth-order valence-corrected chi connectivity index (χ4v) is 4.46. The van der Waals surface area contributed by atoms with Crippen LogP contribution in [0.15, 0.2) is 47.8 Å². The van der Waals surface area contributed by atoms with Gasteiger partial charge in [0.1, 0.15) is 0 Å². The number of piperidine rings is 1. The van der Waals surface area contributed by atoms with E-state index >= 15 is 0 Å². The van der Waals surface area contributed by atoms with Gasteiger partial charge in [-0.25, -0.2) is 4.79 Å². The zero-order valence-corrected chi connectivity index (χ0v) is 17.8. The number of rotatable bonds is 8. The molecule has 0 bridgehead atoms. The number of amides is 2. The maximum Gasteiger partial charge on any atom is 0.315 e. The normalized spacial score (nSPS) is 16.8. The first-order valence-corrected chi connectivity index (χ1v) is 11.0. The van der Waals surface area contributed by atoms with E-state index in [2.05, 4.69) is 58.1 Å². The fourth-order valence-electron chi connectivity index (χ4n) is 3.76. The third kappa shape index (κ3) is 6.33. The molecule has 1 atom stereocenters. The summed E-state index contributed by atoms with van der Waals surface area (Å²) in [5, 5.41) is 8.27. The van der Waals surface area contributed by atoms with Crippen molar-refractivity contribution in [1.29, 1.82) is 0 Å². The second kappa shape index (κ2) is 10.6. The van der Waals surface area contributed by atoms with Crippen LogP contribution in [0.25, 0.3) is 0 Å². The summed E-state index contributed by atoms with van der Waals surface area (Å²) in [6, 6.07) is 14.9. The van der Waals surface area contributed by atoms with Gasteiger partial charge in [0.05, 0.1) is 6.04 Å². The first-order chi connectivity index (χ1) is 13.6. The van der Waals surface area contributed by atoms with Gasteiger partial charge in [0, 0.05) is 24.0 Å². The van der Waals surface area contributed by atoms with E-state index in [1.807, 2.05) is 24.3 Å². The standard InChI is InChI=1S/C22H32N4OS/c1-25-14-11-19(12-15-25)26(2)17-21(18-7-4-3-5-8-18)24-22(27)23-13-10-20-9-6-16-28-20/h3-9,16,19,21H,10-15,17H2,1-2H3,(H2,23,24,27)/t21-/m1/s1. The number of likely N-dealkylation sites (tertiary alicyclic amines) is 1. The number of carbonyl (C=O) groups excluding carboxylic acids is 1. The van der Waals surface area contributed by atoms with Crippen LogP contribution in [0.5, 0.6) is 0 Å². The van der Waals surface area contributed by atoms with Gasteiger partial charge in [-0.05, 0) is 63.5 Å². The number of carbonyl (C=O) groups is 1. The Labute approximate surface area is 172 Å². The second-order valence-corrected chi connectivity index (χ2v) is 8.70. The van der Waals surface area contributed by atoms with Crippen LogP contribution in [-0.4, -0.2) is 62.1 Å². The summed E-state index contributed by atoms with van der Waals surface area (Å²) in [7, 11) is 4.37. The van der Waals surface area contributed by atoms with Crippen LogP contribution >= 0.6 is 11.3 Å². The lowest BCUT2D eigenvalue weighted by molar-refractivity contribution is 0.135. The van der Waals surface area contributed by atoms with Gasteiger partial charge in [0.15, 0.2) is 0 Å². The topological polar surface area (TPSA) is 47.6 Å². The van der Waals surface area contributed by atoms with Crippen molar-refractivity contribution in [3.8, 4) is 0 Å². The molecule has 28 heavy (non-hydrogen) atoms. The largest absolute Gasteiger partial charge is 0.338 e. The first-order valence-electron chi connectivity index (χ1n) is 10.1. The summed E-state index contributed by atoms with van der Waals surface area (Å²) < 4.78 is 0. The van der Waals surface area contributed by atoms with Crippen molar-refractivity contribution in [1.82, 2.24) is 20.4 Å². The maximum atomic E-state index is 12.5. The molecule has 1 aromatic carbocycles. The highest BCUT2D eigenvalue weighted by molar-refractivity contribution is 7.09. The van der Waals surface area contributed by atoms with E-state index in [4.69, 9.17) is 0 Å². The van der Waals surface area contributed by atoms with Crippen molar-refractivity contribution in [2.45, 2.75) is 31.3 Å². The molecule has 2 amide bonds. The molecule has 1 saturated heterocycles. The Morgan fingerprint density at radius 3 is 2.64 bits per heavy atom. The lowest BCUT2D eigenvalue weighted by Gasteiger charge is -2.37. The average molecular weight is 401 g/mol. The van der Waals surface area contributed by atoms with Gasteiger partial charge in [-0.15, -0.1) is 11.3 Å². The van der Waals surface area contributed by atoms with Crippen molar-refractivity contribution in [3.63, 3.8) is 0 Å². The van der Waals surface area contributed by atoms with Gasteiger partial charge in [0.25, 0.3) is 0 Å². The predicted molar refractivity (Wildman–Crippen MR) is 117 cm³/mol. The van der Waals surface area contributed by atoms with E-state index in [1.165, 1.54) is 17.7 Å². The number of nitrogens with one attached hydrogen (secondary N) is 2. The summed E-state index contributed by atoms with van der Waals surface area (Å²) in [5.41, 5.74) is 1.15. The highest BCUT2D eigenvalue weighted by Gasteiger charge is 2.24. The minimum absolute atomic E-state index is 0.0207. The molecule has 1 aliphatic heterocycles. The van der Waals surface area contributed by atoms with Crippen LogP contribution in [0.1, 0.15) is 29.3 Å². The lowest BCUT2D eigenvalue weighted by atomic mass is 10.0. The molecule has 1 aromatic heterocycles. The molecular weight excluding hydrogens is 368 g/mol. The van der Waals surface area contributed by atoms with E-state index in [1.54, 1.807) is 11.3 Å². The molecule has 6 heteroatoms. The van der Waals surface area contributed by atoms with Gasteiger partial charge >= 0.3 is 6.03 Å². The highest BCUT2D eigenvalue weighted by atomic mass is 32.1. The SMILES string of the molecule is CN1CCC(N(C)C[C@@H](NC(=O)NCCc2cccs2)c2ccccc2)CC1. The van der Waals surface area contributed by atoms with Gasteiger partial charge < -0.3 is 20.4 Å². The molecule has 2 N–H and O–H groups in total. The van der Waals surface area contributed by atoms with Crippen molar-refractivity contribution in [2.24, 2.45) is 0 Å². The maximum absolute atomic E-state index is 12.5. The van der Waals surface area contributed by atoms with Gasteiger partial charge in [-0.3, -0.25) is 0 Å². The number of benzene rings is 1. The summed E-state index contributed by atoms with van der Waals surface area (Å²) in [6.07, 6.45) is 3.24. The smallest absolute Gasteiger partial charge is 0.315 e. The second-order valence-electron chi connectivity index (χ2n) is 7.67. The minimum atomic E-state index is -0.0952. The van der Waals surface area contributed by atoms with Crippen LogP contribution in [-0.2, 0) is 6.42 Å². The molecule has 3 rings (SSSR count). The average Bonchev–Trinajstić information content (AvgIpc) is 3.22. The Morgan fingerprint density at radius 1 is 1.21 bits per heavy atom. The lowest BCUT2D eigenvalue weighted by Crippen LogP contribution is -2.47. The predicted octanol–water partition coefficient (Wildman–Crippen LogP) is 3.36. The van der Waals surface area contributed by atoms with E-state index in [0.29, 0.717) is 12.6 Å². The quantitative estimate of drug-likeness (QED) is 0.714. The number of urea groups is 1. The molecule has 0 unspecified atom stereocenters. The van der Waals surface area contributed by atoms with Gasteiger partial charge in [-0.1, -0.05) is 36.4 Å². The number of hydrogen-bond acceptors (Lipinski definition) is 4. The number of nitrogens with zero attached hydrogens (tertiary/aromatic N) is 2. The molecule has 152 valence electrons. The monoisotopic (exact) mass is 400 g/mol. The fraction of sp³-hybridized carbons (Fsp3) is 0.500. The third-order valence-corrected chi connectivity index (χ3v) is 6.46. The summed E-state index contributed by atoms with van der Waals surface area (Å²) in [6.45, 7) is 3.75. The molecule has 0 radical (unpaired) electrons. The Hall–Kier alpha value is -1.89. The van der Waals surface area contributed by atoms with Crippen molar-refractivity contribution in [3.05, 3.63) is 58.3 Å². The number of likely N-dealkylation sites (N-methyl/N-ethyl adjacent to an activating group) is 1. The molecule has 1 aliphatic rings. The van der Waals surface area contributed by atoms with Crippen LogP contribution < -0.4 is 10.6 Å². The number of hydrogen-bond donors (Lipinski definition) is 2. The number of thiophene rings is 1. The molecular formula is C22H32N4OS. The van der Waals surface area contributed by atoms with Crippen molar-refractivity contribution >= 4 is 17.4 Å². The van der Waals surface area contributed by atoms with E-state index in [9.17, 15) is 4.79 Å². The molecule has 0 spiro atoms. The molecule has 0 aliphatic carbocycles. The summed E-state index contributed by atoms with van der Waals surface area (Å²) >= 11 is 1.73. The van der Waals surface area contributed by atoms with Gasteiger partial charge in [-0.2, -0.15) is 0 Å². The highest BCUT2D eigenvalue weighted by Crippen LogP contribution is 2.19. The Balaban J connectivity index is 1.55. The molecule has 0 saturated carbocycles. The van der Waals surface area contributed by atoms with E-state index in [0.717, 1.165) is 31.6 Å². The van der Waals surface area contributed by atoms with Crippen LogP contribution in [0.2, 0.25) is 0 Å². The first kappa shape index (κ1) is 20.8. The minimum Gasteiger partial charge on any atom is -0.338 e. The van der Waals surface area contributed by atoms with E-state index < -0.39 is 0 Å². The Kier molecular flexibility index (Phi) is 7.89. The zero-order valence-electron chi connectivity index (χ0n) is 16.9. The van der Waals surface area contributed by atoms with Crippen LogP contribution in [0, 0.1) is 0 Å². The molecule has 2 aromatic rings. The molecule has 1 fully saturated rings. The Bertz CT molecular complexity index is 699. The van der Waals surface area contributed by atoms with E-state index in [-0.39, 0.29) is 12.1 Å². The zero-order chi connectivity index (χ0) is 19.8. The Morgan fingerprint density at radius 2 is 1.96 bits per heavy atom. The van der Waals surface area contributed by atoms with Gasteiger partial charge in [0.2, 0.25) is 0 Å². The summed E-state index contributed by atoms with van der Waals surface area (Å²) in [4.78, 5) is 18.6. The van der Waals surface area contributed by atoms with Crippen LogP contribution in [0.4, 0.5) is 4.79 Å². The third-order valence-electron chi connectivity index (χ3n) is 5.53. The van der Waals surface area contributed by atoms with Crippen molar-refractivity contribution < 1.29 is 4.79 Å². The molecule has 5 nitrogen and oxygen atoms in total. The molecule has 2 heterocycles. The summed E-state index contributed by atoms with van der Waals surface area (Å²) in [5.74, 6) is 0. The van der Waals surface area contributed by atoms with Crippen LogP contribution in [0.3, 0.4) is 0 Å². The van der Waals surface area contributed by atoms with Crippen molar-refractivity contribution in [2.75, 3.05) is 40.3 Å².